The Morgan fingerprint density at radius 3 is 2.33 bits per heavy atom. The van der Waals surface area contributed by atoms with Crippen molar-refractivity contribution < 1.29 is 26.7 Å². The van der Waals surface area contributed by atoms with Crippen molar-refractivity contribution >= 4 is 34.7 Å². The molecule has 4 N–H and O–H groups in total. The Hall–Kier alpha value is -3.51. The zero-order valence-electron chi connectivity index (χ0n) is 19.3. The molecule has 36 heavy (non-hydrogen) atoms. The molecule has 2 aromatic heterocycles. The van der Waals surface area contributed by atoms with Crippen molar-refractivity contribution in [3.8, 4) is 0 Å². The summed E-state index contributed by atoms with van der Waals surface area (Å²) in [6.07, 6.45) is 2.65. The normalized spacial score (nSPS) is 23.9. The minimum absolute atomic E-state index is 0.0451. The molecule has 0 aliphatic heterocycles. The number of nitrogens with two attached hydrogens (primary N) is 1. The Bertz CT molecular complexity index is 1300. The SMILES string of the molecule is CC1(C(N)=O)CCC(n2c(Nc3c(F)cc(F)cc3F)nc3cnc(NC4CC(F)(F)C4)nc32)CC1. The number of hydrogen-bond donors (Lipinski definition) is 3. The summed E-state index contributed by atoms with van der Waals surface area (Å²) >= 11 is 0. The molecular weight excluding hydrogens is 485 g/mol. The van der Waals surface area contributed by atoms with E-state index in [-0.39, 0.29) is 30.8 Å². The van der Waals surface area contributed by atoms with E-state index in [2.05, 4.69) is 25.6 Å². The standard InChI is InChI=1S/C23H24F5N7O/c1-22(19(29)36)4-2-13(3-5-22)35-18-16(10-30-20(34-18)31-12-8-23(27,28)9-12)32-21(35)33-17-14(25)6-11(24)7-15(17)26/h6-7,10,12-13H,2-5,8-9H2,1H3,(H2,29,36)(H,32,33)(H,30,31,34). The van der Waals surface area contributed by atoms with Crippen LogP contribution in [0, 0.1) is 22.9 Å². The van der Waals surface area contributed by atoms with Gasteiger partial charge in [-0.05, 0) is 25.7 Å². The van der Waals surface area contributed by atoms with Gasteiger partial charge in [0.2, 0.25) is 17.8 Å². The van der Waals surface area contributed by atoms with Crippen LogP contribution in [0.3, 0.4) is 0 Å². The molecule has 1 aromatic carbocycles. The highest BCUT2D eigenvalue weighted by atomic mass is 19.3. The number of halogens is 5. The summed E-state index contributed by atoms with van der Waals surface area (Å²) in [4.78, 5) is 24.9. The maximum Gasteiger partial charge on any atom is 0.252 e. The minimum Gasteiger partial charge on any atom is -0.369 e. The van der Waals surface area contributed by atoms with Crippen LogP contribution in [0.5, 0.6) is 0 Å². The number of primary amides is 1. The zero-order valence-corrected chi connectivity index (χ0v) is 19.3. The number of benzene rings is 1. The Labute approximate surface area is 202 Å². The third-order valence-electron chi connectivity index (χ3n) is 7.12. The molecule has 3 aromatic rings. The first-order chi connectivity index (χ1) is 16.9. The van der Waals surface area contributed by atoms with Gasteiger partial charge in [-0.25, -0.2) is 31.9 Å². The topological polar surface area (TPSA) is 111 Å². The number of aromatic nitrogens is 4. The molecule has 8 nitrogen and oxygen atoms in total. The first-order valence-electron chi connectivity index (χ1n) is 11.5. The molecule has 2 aliphatic rings. The Balaban J connectivity index is 1.52. The minimum atomic E-state index is -2.72. The van der Waals surface area contributed by atoms with Crippen molar-refractivity contribution in [3.63, 3.8) is 0 Å². The van der Waals surface area contributed by atoms with Crippen LogP contribution in [0.4, 0.5) is 39.5 Å². The quantitative estimate of drug-likeness (QED) is 0.412. The van der Waals surface area contributed by atoms with Gasteiger partial charge in [0.1, 0.15) is 17.0 Å². The lowest BCUT2D eigenvalue weighted by Crippen LogP contribution is -2.44. The zero-order chi connectivity index (χ0) is 25.8. The maximum absolute atomic E-state index is 14.4. The molecule has 2 saturated carbocycles. The van der Waals surface area contributed by atoms with E-state index in [1.807, 2.05) is 0 Å². The van der Waals surface area contributed by atoms with E-state index in [4.69, 9.17) is 5.73 Å². The Morgan fingerprint density at radius 1 is 1.11 bits per heavy atom. The molecule has 0 atom stereocenters. The number of alkyl halides is 2. The van der Waals surface area contributed by atoms with Gasteiger partial charge in [-0.3, -0.25) is 9.36 Å². The Morgan fingerprint density at radius 2 is 1.75 bits per heavy atom. The molecule has 0 saturated heterocycles. The summed E-state index contributed by atoms with van der Waals surface area (Å²) in [6, 6.07) is 0.341. The van der Waals surface area contributed by atoms with Crippen molar-refractivity contribution in [1.29, 1.82) is 0 Å². The fraction of sp³-hybridized carbons (Fsp3) is 0.478. The number of carbonyl (C=O) groups excluding carboxylic acids is 1. The van der Waals surface area contributed by atoms with Crippen molar-refractivity contribution in [1.82, 2.24) is 19.5 Å². The summed E-state index contributed by atoms with van der Waals surface area (Å²) in [5.74, 6) is -6.32. The van der Waals surface area contributed by atoms with E-state index in [0.717, 1.165) is 0 Å². The molecular formula is C23H24F5N7O. The molecule has 0 bridgehead atoms. The number of carbonyl (C=O) groups is 1. The molecule has 5 rings (SSSR count). The number of rotatable bonds is 6. The molecule has 0 radical (unpaired) electrons. The van der Waals surface area contributed by atoms with Crippen LogP contribution in [-0.2, 0) is 4.79 Å². The number of anilines is 3. The third kappa shape index (κ3) is 4.42. The highest BCUT2D eigenvalue weighted by Crippen LogP contribution is 2.43. The Kier molecular flexibility index (Phi) is 5.75. The van der Waals surface area contributed by atoms with Crippen molar-refractivity contribution in [3.05, 3.63) is 35.8 Å². The van der Waals surface area contributed by atoms with Crippen molar-refractivity contribution in [2.24, 2.45) is 11.1 Å². The largest absolute Gasteiger partial charge is 0.369 e. The monoisotopic (exact) mass is 509 g/mol. The fourth-order valence-corrected chi connectivity index (χ4v) is 4.86. The molecule has 192 valence electrons. The van der Waals surface area contributed by atoms with E-state index >= 15 is 0 Å². The van der Waals surface area contributed by atoms with Gasteiger partial charge in [0.05, 0.1) is 6.20 Å². The molecule has 2 aliphatic carbocycles. The van der Waals surface area contributed by atoms with Gasteiger partial charge in [-0.1, -0.05) is 6.92 Å². The van der Waals surface area contributed by atoms with Gasteiger partial charge in [-0.2, -0.15) is 4.98 Å². The van der Waals surface area contributed by atoms with E-state index in [0.29, 0.717) is 49.0 Å². The maximum atomic E-state index is 14.4. The van der Waals surface area contributed by atoms with E-state index in [1.165, 1.54) is 6.20 Å². The van der Waals surface area contributed by atoms with Gasteiger partial charge in [-0.15, -0.1) is 0 Å². The predicted molar refractivity (Wildman–Crippen MR) is 121 cm³/mol. The van der Waals surface area contributed by atoms with Crippen LogP contribution in [0.1, 0.15) is 51.5 Å². The van der Waals surface area contributed by atoms with E-state index in [1.54, 1.807) is 11.5 Å². The number of hydrogen-bond acceptors (Lipinski definition) is 6. The second-order valence-electron chi connectivity index (χ2n) is 9.84. The van der Waals surface area contributed by atoms with Crippen LogP contribution in [0.15, 0.2) is 18.3 Å². The third-order valence-corrected chi connectivity index (χ3v) is 7.12. The molecule has 0 spiro atoms. The lowest BCUT2D eigenvalue weighted by molar-refractivity contribution is -0.128. The summed E-state index contributed by atoms with van der Waals surface area (Å²) in [5, 5.41) is 5.50. The highest BCUT2D eigenvalue weighted by molar-refractivity contribution is 5.80. The summed E-state index contributed by atoms with van der Waals surface area (Å²) in [6.45, 7) is 1.79. The van der Waals surface area contributed by atoms with Crippen LogP contribution in [-0.4, -0.2) is 37.4 Å². The lowest BCUT2D eigenvalue weighted by atomic mass is 9.73. The predicted octanol–water partition coefficient (Wildman–Crippen LogP) is 4.80. The first-order valence-corrected chi connectivity index (χ1v) is 11.5. The fourth-order valence-electron chi connectivity index (χ4n) is 4.86. The van der Waals surface area contributed by atoms with Crippen molar-refractivity contribution in [2.75, 3.05) is 10.6 Å². The molecule has 13 heteroatoms. The highest BCUT2D eigenvalue weighted by Gasteiger charge is 2.45. The van der Waals surface area contributed by atoms with Gasteiger partial charge in [0, 0.05) is 42.5 Å². The van der Waals surface area contributed by atoms with E-state index < -0.39 is 46.4 Å². The number of amides is 1. The second kappa shape index (κ2) is 8.56. The van der Waals surface area contributed by atoms with Gasteiger partial charge in [0.25, 0.3) is 5.92 Å². The number of nitrogens with one attached hydrogen (secondary N) is 2. The molecule has 0 unspecified atom stereocenters. The molecule has 2 fully saturated rings. The average Bonchev–Trinajstić information content (AvgIpc) is 3.13. The second-order valence-corrected chi connectivity index (χ2v) is 9.84. The first kappa shape index (κ1) is 24.2. The summed E-state index contributed by atoms with van der Waals surface area (Å²) < 4.78 is 70.4. The van der Waals surface area contributed by atoms with E-state index in [9.17, 15) is 26.7 Å². The van der Waals surface area contributed by atoms with Crippen LogP contribution in [0.2, 0.25) is 0 Å². The van der Waals surface area contributed by atoms with Crippen LogP contribution in [0.25, 0.3) is 11.2 Å². The molecule has 2 heterocycles. The van der Waals surface area contributed by atoms with Crippen LogP contribution < -0.4 is 16.4 Å². The van der Waals surface area contributed by atoms with Crippen molar-refractivity contribution in [2.45, 2.75) is 63.5 Å². The lowest BCUT2D eigenvalue weighted by Gasteiger charge is -2.36. The van der Waals surface area contributed by atoms with Gasteiger partial charge < -0.3 is 16.4 Å². The number of fused-ring (bicyclic) bond motifs is 1. The smallest absolute Gasteiger partial charge is 0.252 e. The molecule has 1 amide bonds. The summed E-state index contributed by atoms with van der Waals surface area (Å²) in [7, 11) is 0. The number of nitrogens with zero attached hydrogens (tertiary/aromatic N) is 4. The average molecular weight is 509 g/mol. The van der Waals surface area contributed by atoms with Gasteiger partial charge >= 0.3 is 0 Å². The number of imidazole rings is 1. The summed E-state index contributed by atoms with van der Waals surface area (Å²) in [5.41, 5.74) is 4.91. The van der Waals surface area contributed by atoms with Gasteiger partial charge in [0.15, 0.2) is 17.3 Å². The van der Waals surface area contributed by atoms with Crippen LogP contribution >= 0.6 is 0 Å².